The van der Waals surface area contributed by atoms with E-state index in [1.165, 1.54) is 31.9 Å². The van der Waals surface area contributed by atoms with Gasteiger partial charge < -0.3 is 0 Å². The fourth-order valence-electron chi connectivity index (χ4n) is 3.44. The van der Waals surface area contributed by atoms with E-state index in [0.717, 1.165) is 18.9 Å². The van der Waals surface area contributed by atoms with E-state index >= 15 is 0 Å². The third-order valence-corrected chi connectivity index (χ3v) is 6.10. The first-order valence-electron chi connectivity index (χ1n) is 7.22. The molecule has 0 radical (unpaired) electrons. The Morgan fingerprint density at radius 3 is 2.33 bits per heavy atom. The number of aryl methyl sites for hydroxylation is 1. The molecule has 2 bridgehead atoms. The summed E-state index contributed by atoms with van der Waals surface area (Å²) in [7, 11) is 0. The van der Waals surface area contributed by atoms with Crippen molar-refractivity contribution in [3.05, 3.63) is 34.9 Å². The van der Waals surface area contributed by atoms with Crippen molar-refractivity contribution in [1.82, 2.24) is 0 Å². The summed E-state index contributed by atoms with van der Waals surface area (Å²) in [4.78, 5) is 12.5. The Morgan fingerprint density at radius 1 is 1.19 bits per heavy atom. The van der Waals surface area contributed by atoms with Gasteiger partial charge in [0.1, 0.15) is 0 Å². The fourth-order valence-corrected chi connectivity index (χ4v) is 5.22. The van der Waals surface area contributed by atoms with Gasteiger partial charge in [0.2, 0.25) is 0 Å². The Labute approximate surface area is 126 Å². The summed E-state index contributed by atoms with van der Waals surface area (Å²) in [5, 5.41) is 1.13. The Kier molecular flexibility index (Phi) is 3.80. The van der Waals surface area contributed by atoms with Crippen LogP contribution in [-0.2, 0) is 6.18 Å². The molecule has 0 aromatic heterocycles. The van der Waals surface area contributed by atoms with Crippen LogP contribution in [0, 0.1) is 12.8 Å². The highest BCUT2D eigenvalue weighted by molar-refractivity contribution is 8.00. The van der Waals surface area contributed by atoms with Crippen LogP contribution in [0.1, 0.15) is 47.2 Å². The van der Waals surface area contributed by atoms with Crippen LogP contribution in [0.15, 0.2) is 18.2 Å². The summed E-state index contributed by atoms with van der Waals surface area (Å²) in [6, 6.07) is 3.77. The molecule has 0 N–H and O–H groups in total. The molecule has 114 valence electrons. The predicted octanol–water partition coefficient (Wildman–Crippen LogP) is 4.87. The van der Waals surface area contributed by atoms with Gasteiger partial charge in [-0.1, -0.05) is 6.07 Å². The lowest BCUT2D eigenvalue weighted by Gasteiger charge is -2.26. The summed E-state index contributed by atoms with van der Waals surface area (Å²) in [6.07, 6.45) is -0.261. The number of rotatable bonds is 2. The molecular weight excluding hydrogens is 297 g/mol. The molecule has 1 aromatic rings. The predicted molar refractivity (Wildman–Crippen MR) is 77.6 cm³/mol. The van der Waals surface area contributed by atoms with Crippen molar-refractivity contribution in [3.63, 3.8) is 0 Å². The standard InChI is InChI=1S/C16H17F3OS/c1-9-6-10(2-5-14(9)16(17,18)19)15(20)11-7-12-3-4-13(8-11)21-12/h2,5-6,11-13H,3-4,7-8H2,1H3. The van der Waals surface area contributed by atoms with E-state index in [4.69, 9.17) is 0 Å². The molecule has 21 heavy (non-hydrogen) atoms. The van der Waals surface area contributed by atoms with Crippen molar-refractivity contribution in [2.75, 3.05) is 0 Å². The molecule has 0 spiro atoms. The molecule has 0 aliphatic carbocycles. The van der Waals surface area contributed by atoms with E-state index in [1.54, 1.807) is 0 Å². The maximum Gasteiger partial charge on any atom is 0.416 e. The van der Waals surface area contributed by atoms with Gasteiger partial charge in [0.25, 0.3) is 0 Å². The highest BCUT2D eigenvalue weighted by Crippen LogP contribution is 2.46. The van der Waals surface area contributed by atoms with Gasteiger partial charge in [-0.15, -0.1) is 0 Å². The number of fused-ring (bicyclic) bond motifs is 2. The normalized spacial score (nSPS) is 28.7. The van der Waals surface area contributed by atoms with E-state index in [2.05, 4.69) is 0 Å². The van der Waals surface area contributed by atoms with Gasteiger partial charge in [-0.3, -0.25) is 4.79 Å². The van der Waals surface area contributed by atoms with Gasteiger partial charge in [-0.05, 0) is 50.3 Å². The minimum atomic E-state index is -4.35. The highest BCUT2D eigenvalue weighted by Gasteiger charge is 2.38. The monoisotopic (exact) mass is 314 g/mol. The summed E-state index contributed by atoms with van der Waals surface area (Å²) in [5.41, 5.74) is -0.100. The van der Waals surface area contributed by atoms with E-state index in [0.29, 0.717) is 16.1 Å². The van der Waals surface area contributed by atoms with Crippen molar-refractivity contribution < 1.29 is 18.0 Å². The molecule has 2 heterocycles. The van der Waals surface area contributed by atoms with Gasteiger partial charge in [0, 0.05) is 22.0 Å². The van der Waals surface area contributed by atoms with Gasteiger partial charge in [0.15, 0.2) is 5.78 Å². The molecule has 1 nitrogen and oxygen atoms in total. The molecular formula is C16H17F3OS. The van der Waals surface area contributed by atoms with E-state index in [9.17, 15) is 18.0 Å². The van der Waals surface area contributed by atoms with Gasteiger partial charge in [0.05, 0.1) is 5.56 Å². The zero-order valence-electron chi connectivity index (χ0n) is 11.7. The van der Waals surface area contributed by atoms with Crippen LogP contribution in [-0.4, -0.2) is 16.3 Å². The van der Waals surface area contributed by atoms with Gasteiger partial charge >= 0.3 is 6.18 Å². The molecule has 0 amide bonds. The molecule has 0 saturated carbocycles. The number of carbonyl (C=O) groups is 1. The fraction of sp³-hybridized carbons (Fsp3) is 0.562. The smallest absolute Gasteiger partial charge is 0.294 e. The molecule has 2 unspecified atom stereocenters. The van der Waals surface area contributed by atoms with Crippen LogP contribution in [0.5, 0.6) is 0 Å². The van der Waals surface area contributed by atoms with E-state index in [-0.39, 0.29) is 17.3 Å². The minimum Gasteiger partial charge on any atom is -0.294 e. The van der Waals surface area contributed by atoms with Gasteiger partial charge in [-0.2, -0.15) is 24.9 Å². The zero-order chi connectivity index (χ0) is 15.2. The van der Waals surface area contributed by atoms with Crippen LogP contribution < -0.4 is 0 Å². The zero-order valence-corrected chi connectivity index (χ0v) is 12.6. The van der Waals surface area contributed by atoms with Crippen molar-refractivity contribution in [3.8, 4) is 0 Å². The topological polar surface area (TPSA) is 17.1 Å². The molecule has 2 atom stereocenters. The summed E-state index contributed by atoms with van der Waals surface area (Å²) < 4.78 is 38.3. The number of thioether (sulfide) groups is 1. The van der Waals surface area contributed by atoms with Crippen molar-refractivity contribution in [2.45, 2.75) is 49.3 Å². The summed E-state index contributed by atoms with van der Waals surface area (Å²) in [5.74, 6) is 0.00362. The molecule has 2 fully saturated rings. The summed E-state index contributed by atoms with van der Waals surface area (Å²) in [6.45, 7) is 1.42. The van der Waals surface area contributed by atoms with Crippen LogP contribution in [0.4, 0.5) is 13.2 Å². The lowest BCUT2D eigenvalue weighted by atomic mass is 9.89. The highest BCUT2D eigenvalue weighted by atomic mass is 32.2. The number of hydrogen-bond acceptors (Lipinski definition) is 2. The van der Waals surface area contributed by atoms with Crippen LogP contribution in [0.3, 0.4) is 0 Å². The average Bonchev–Trinajstić information content (AvgIpc) is 2.75. The first-order valence-corrected chi connectivity index (χ1v) is 8.16. The van der Waals surface area contributed by atoms with Gasteiger partial charge in [-0.25, -0.2) is 0 Å². The maximum absolute atomic E-state index is 12.8. The Morgan fingerprint density at radius 2 is 1.81 bits per heavy atom. The third-order valence-electron chi connectivity index (χ3n) is 4.48. The Bertz CT molecular complexity index is 555. The Balaban J connectivity index is 1.81. The average molecular weight is 314 g/mol. The first-order chi connectivity index (χ1) is 9.84. The number of halogens is 3. The number of hydrogen-bond donors (Lipinski definition) is 0. The maximum atomic E-state index is 12.8. The van der Waals surface area contributed by atoms with Crippen LogP contribution in [0.25, 0.3) is 0 Å². The van der Waals surface area contributed by atoms with Crippen molar-refractivity contribution >= 4 is 17.5 Å². The second-order valence-electron chi connectivity index (χ2n) is 6.02. The molecule has 2 saturated heterocycles. The van der Waals surface area contributed by atoms with E-state index in [1.807, 2.05) is 11.8 Å². The molecule has 3 rings (SSSR count). The third kappa shape index (κ3) is 2.98. The molecule has 1 aromatic carbocycles. The first kappa shape index (κ1) is 14.9. The van der Waals surface area contributed by atoms with Crippen LogP contribution >= 0.6 is 11.8 Å². The second kappa shape index (κ2) is 5.34. The number of carbonyl (C=O) groups excluding carboxylic acids is 1. The van der Waals surface area contributed by atoms with Crippen molar-refractivity contribution in [2.24, 2.45) is 5.92 Å². The quantitative estimate of drug-likeness (QED) is 0.724. The van der Waals surface area contributed by atoms with Crippen molar-refractivity contribution in [1.29, 1.82) is 0 Å². The Hall–Kier alpha value is -0.970. The number of Topliss-reactive ketones (excluding diaryl/α,β-unsaturated/α-hetero) is 1. The molecule has 2 aliphatic rings. The number of benzene rings is 1. The second-order valence-corrected chi connectivity index (χ2v) is 7.62. The SMILES string of the molecule is Cc1cc(C(=O)C2CC3CCC(C2)S3)ccc1C(F)(F)F. The lowest BCUT2D eigenvalue weighted by Crippen LogP contribution is -2.25. The summed E-state index contributed by atoms with van der Waals surface area (Å²) >= 11 is 1.98. The number of ketones is 1. The lowest BCUT2D eigenvalue weighted by molar-refractivity contribution is -0.138. The van der Waals surface area contributed by atoms with E-state index < -0.39 is 11.7 Å². The molecule has 2 aliphatic heterocycles. The number of alkyl halides is 3. The minimum absolute atomic E-state index is 0.0140. The molecule has 5 heteroatoms. The van der Waals surface area contributed by atoms with Crippen LogP contribution in [0.2, 0.25) is 0 Å². The largest absolute Gasteiger partial charge is 0.416 e.